The van der Waals surface area contributed by atoms with E-state index in [0.29, 0.717) is 0 Å². The molecule has 14 heavy (non-hydrogen) atoms. The summed E-state index contributed by atoms with van der Waals surface area (Å²) in [6, 6.07) is 0. The largest absolute Gasteiger partial charge is 0.461 e. The van der Waals surface area contributed by atoms with Gasteiger partial charge in [0.25, 0.3) is 0 Å². The molecule has 0 aromatic heterocycles. The summed E-state index contributed by atoms with van der Waals surface area (Å²) >= 11 is 0. The molecule has 0 aromatic carbocycles. The molecule has 0 saturated heterocycles. The summed E-state index contributed by atoms with van der Waals surface area (Å²) in [6.45, 7) is 3.33. The molecule has 0 rings (SSSR count). The van der Waals surface area contributed by atoms with Crippen molar-refractivity contribution in [2.45, 2.75) is 13.8 Å². The monoisotopic (exact) mass is 200 g/mol. The lowest BCUT2D eigenvalue weighted by Gasteiger charge is -2.04. The van der Waals surface area contributed by atoms with Gasteiger partial charge in [0.05, 0.1) is 13.2 Å². The third-order valence-corrected chi connectivity index (χ3v) is 1.21. The Morgan fingerprint density at radius 3 is 1.43 bits per heavy atom. The number of hydrogen-bond donors (Lipinski definition) is 2. The Kier molecular flexibility index (Phi) is 5.13. The Hall–Kier alpha value is -1.72. The van der Waals surface area contributed by atoms with Gasteiger partial charge < -0.3 is 9.47 Å². The van der Waals surface area contributed by atoms with Crippen molar-refractivity contribution in [3.8, 4) is 0 Å². The maximum Gasteiger partial charge on any atom is 0.358 e. The Bertz CT molecular complexity index is 245. The highest BCUT2D eigenvalue weighted by Crippen LogP contribution is 1.89. The van der Waals surface area contributed by atoms with E-state index >= 15 is 0 Å². The van der Waals surface area contributed by atoms with E-state index in [0.717, 1.165) is 0 Å². The molecule has 0 aliphatic heterocycles. The van der Waals surface area contributed by atoms with Crippen LogP contribution in [0, 0.1) is 10.8 Å². The minimum Gasteiger partial charge on any atom is -0.461 e. The van der Waals surface area contributed by atoms with Crippen LogP contribution in [0.2, 0.25) is 0 Å². The molecule has 0 aliphatic carbocycles. The second-order valence-corrected chi connectivity index (χ2v) is 2.19. The van der Waals surface area contributed by atoms with Crippen molar-refractivity contribution in [1.29, 1.82) is 10.8 Å². The molecule has 0 atom stereocenters. The summed E-state index contributed by atoms with van der Waals surface area (Å²) in [5.41, 5.74) is -1.57. The molecule has 0 heterocycles. The van der Waals surface area contributed by atoms with Crippen molar-refractivity contribution in [2.24, 2.45) is 0 Å². The zero-order valence-corrected chi connectivity index (χ0v) is 8.05. The number of esters is 2. The zero-order chi connectivity index (χ0) is 11.1. The average Bonchev–Trinajstić information content (AvgIpc) is 2.16. The molecule has 0 saturated carbocycles. The first-order chi connectivity index (χ1) is 6.54. The Balaban J connectivity index is 4.32. The van der Waals surface area contributed by atoms with Crippen molar-refractivity contribution >= 4 is 23.4 Å². The summed E-state index contributed by atoms with van der Waals surface area (Å²) in [5, 5.41) is 14.2. The smallest absolute Gasteiger partial charge is 0.358 e. The van der Waals surface area contributed by atoms with E-state index in [1.54, 1.807) is 13.8 Å². The number of nitrogens with one attached hydrogen (secondary N) is 2. The first-order valence-electron chi connectivity index (χ1n) is 4.06. The van der Waals surface area contributed by atoms with Crippen molar-refractivity contribution < 1.29 is 19.1 Å². The number of ether oxygens (including phenoxy) is 2. The molecular weight excluding hydrogens is 188 g/mol. The van der Waals surface area contributed by atoms with Gasteiger partial charge in [0.2, 0.25) is 0 Å². The van der Waals surface area contributed by atoms with Gasteiger partial charge in [-0.2, -0.15) is 0 Å². The van der Waals surface area contributed by atoms with Crippen LogP contribution in [-0.4, -0.2) is 36.6 Å². The van der Waals surface area contributed by atoms with E-state index in [9.17, 15) is 9.59 Å². The molecule has 0 fully saturated rings. The van der Waals surface area contributed by atoms with Gasteiger partial charge in [-0.25, -0.2) is 9.59 Å². The van der Waals surface area contributed by atoms with Gasteiger partial charge >= 0.3 is 11.9 Å². The molecule has 0 amide bonds. The molecule has 6 nitrogen and oxygen atoms in total. The van der Waals surface area contributed by atoms with E-state index in [1.165, 1.54) is 0 Å². The lowest BCUT2D eigenvalue weighted by molar-refractivity contribution is -0.137. The summed E-state index contributed by atoms with van der Waals surface area (Å²) in [5.74, 6) is -1.99. The fourth-order valence-electron chi connectivity index (χ4n) is 0.611. The van der Waals surface area contributed by atoms with E-state index in [4.69, 9.17) is 10.8 Å². The lowest BCUT2D eigenvalue weighted by Crippen LogP contribution is -2.32. The van der Waals surface area contributed by atoms with Gasteiger partial charge in [-0.1, -0.05) is 0 Å². The number of carbonyl (C=O) groups is 2. The second kappa shape index (κ2) is 5.85. The maximum absolute atomic E-state index is 10.9. The molecule has 0 aromatic rings. The summed E-state index contributed by atoms with van der Waals surface area (Å²) in [6.07, 6.45) is 0. The molecule has 0 radical (unpaired) electrons. The van der Waals surface area contributed by atoms with Crippen LogP contribution in [0.4, 0.5) is 0 Å². The summed E-state index contributed by atoms with van der Waals surface area (Å²) in [4.78, 5) is 21.8. The quantitative estimate of drug-likeness (QED) is 0.487. The van der Waals surface area contributed by atoms with Crippen molar-refractivity contribution in [2.75, 3.05) is 13.2 Å². The average molecular weight is 200 g/mol. The first kappa shape index (κ1) is 12.3. The van der Waals surface area contributed by atoms with Crippen LogP contribution >= 0.6 is 0 Å². The van der Waals surface area contributed by atoms with Crippen molar-refractivity contribution in [3.05, 3.63) is 0 Å². The van der Waals surface area contributed by atoms with Crippen LogP contribution in [0.5, 0.6) is 0 Å². The highest BCUT2D eigenvalue weighted by molar-refractivity contribution is 6.77. The van der Waals surface area contributed by atoms with Crippen LogP contribution in [-0.2, 0) is 19.1 Å². The molecule has 2 N–H and O–H groups in total. The predicted molar refractivity (Wildman–Crippen MR) is 48.7 cm³/mol. The molecule has 0 spiro atoms. The Morgan fingerprint density at radius 2 is 1.21 bits per heavy atom. The van der Waals surface area contributed by atoms with Crippen LogP contribution in [0.25, 0.3) is 0 Å². The fourth-order valence-corrected chi connectivity index (χ4v) is 0.611. The Morgan fingerprint density at radius 1 is 0.929 bits per heavy atom. The molecule has 0 aliphatic rings. The van der Waals surface area contributed by atoms with Gasteiger partial charge in [0, 0.05) is 0 Å². The molecule has 78 valence electrons. The van der Waals surface area contributed by atoms with E-state index in [1.807, 2.05) is 0 Å². The highest BCUT2D eigenvalue weighted by Gasteiger charge is 2.23. The van der Waals surface area contributed by atoms with E-state index in [-0.39, 0.29) is 13.2 Å². The van der Waals surface area contributed by atoms with Crippen LogP contribution in [0.3, 0.4) is 0 Å². The maximum atomic E-state index is 10.9. The number of hydrogen-bond acceptors (Lipinski definition) is 6. The molecule has 0 bridgehead atoms. The third kappa shape index (κ3) is 3.34. The molecule has 0 unspecified atom stereocenters. The zero-order valence-electron chi connectivity index (χ0n) is 8.05. The topological polar surface area (TPSA) is 100 Å². The minimum absolute atomic E-state index is 0.0946. The van der Waals surface area contributed by atoms with Gasteiger partial charge in [-0.15, -0.1) is 0 Å². The summed E-state index contributed by atoms with van der Waals surface area (Å²) in [7, 11) is 0. The van der Waals surface area contributed by atoms with Gasteiger partial charge in [-0.3, -0.25) is 10.8 Å². The number of carbonyl (C=O) groups excluding carboxylic acids is 2. The SMILES string of the molecule is CCOC(=O)C(=N)C(=N)C(=O)OCC. The first-order valence-corrected chi connectivity index (χ1v) is 4.06. The third-order valence-electron chi connectivity index (χ3n) is 1.21. The molecular formula is C8H12N2O4. The number of rotatable bonds is 5. The van der Waals surface area contributed by atoms with Crippen LogP contribution in [0.1, 0.15) is 13.8 Å². The van der Waals surface area contributed by atoms with E-state index < -0.39 is 23.4 Å². The predicted octanol–water partition coefficient (Wildman–Crippen LogP) is 0.152. The normalized spacial score (nSPS) is 9.00. The van der Waals surface area contributed by atoms with E-state index in [2.05, 4.69) is 9.47 Å². The standard InChI is InChI=1S/C8H12N2O4/c1-3-13-7(11)5(9)6(10)8(12)14-4-2/h9-10H,3-4H2,1-2H3. The minimum atomic E-state index is -0.995. The van der Waals surface area contributed by atoms with Crippen molar-refractivity contribution in [3.63, 3.8) is 0 Å². The van der Waals surface area contributed by atoms with Crippen LogP contribution < -0.4 is 0 Å². The fraction of sp³-hybridized carbons (Fsp3) is 0.500. The van der Waals surface area contributed by atoms with Crippen LogP contribution in [0.15, 0.2) is 0 Å². The lowest BCUT2D eigenvalue weighted by atomic mass is 10.2. The Labute approximate surface area is 81.2 Å². The summed E-state index contributed by atoms with van der Waals surface area (Å²) < 4.78 is 8.88. The highest BCUT2D eigenvalue weighted by atomic mass is 16.5. The van der Waals surface area contributed by atoms with Gasteiger partial charge in [0.1, 0.15) is 0 Å². The van der Waals surface area contributed by atoms with Gasteiger partial charge in [-0.05, 0) is 13.8 Å². The molecule has 6 heteroatoms. The second-order valence-electron chi connectivity index (χ2n) is 2.19. The van der Waals surface area contributed by atoms with Crippen molar-refractivity contribution in [1.82, 2.24) is 0 Å². The van der Waals surface area contributed by atoms with Gasteiger partial charge in [0.15, 0.2) is 11.4 Å².